The molecule has 39 heavy (non-hydrogen) atoms. The van der Waals surface area contributed by atoms with E-state index in [2.05, 4.69) is 51.0 Å². The molecule has 1 saturated heterocycles. The number of aromatic nitrogens is 2. The Labute approximate surface area is 239 Å². The summed E-state index contributed by atoms with van der Waals surface area (Å²) in [6.45, 7) is 10.8. The predicted molar refractivity (Wildman–Crippen MR) is 158 cm³/mol. The third-order valence-corrected chi connectivity index (χ3v) is 7.02. The molecule has 11 heteroatoms. The Bertz CT molecular complexity index is 1310. The fourth-order valence-electron chi connectivity index (χ4n) is 4.17. The Morgan fingerprint density at radius 1 is 1.15 bits per heavy atom. The van der Waals surface area contributed by atoms with E-state index in [1.165, 1.54) is 11.9 Å². The number of carbonyl (C=O) groups is 1. The van der Waals surface area contributed by atoms with Crippen LogP contribution in [-0.4, -0.2) is 60.3 Å². The van der Waals surface area contributed by atoms with E-state index in [1.54, 1.807) is 37.6 Å². The fourth-order valence-corrected chi connectivity index (χ4v) is 4.70. The van der Waals surface area contributed by atoms with E-state index in [0.717, 1.165) is 37.4 Å². The molecule has 1 aliphatic heterocycles. The van der Waals surface area contributed by atoms with Crippen LogP contribution in [0.3, 0.4) is 0 Å². The van der Waals surface area contributed by atoms with Crippen molar-refractivity contribution in [2.45, 2.75) is 32.7 Å². The standard InChI is InChI=1S/C28H35ClN6O3S/c1-28(2,3)19-15-21(26(37-4)22(16-19)34-39-5)32-27(36)18-6-7-20(29)23(14-18)38-25-8-9-31-24(33-25)17-35-12-10-30-11-13-35/h6-9,14-16,30,34H,10-13,17H2,1-5H3,(H,32,36). The lowest BCUT2D eigenvalue weighted by Gasteiger charge is -2.26. The summed E-state index contributed by atoms with van der Waals surface area (Å²) in [5.41, 5.74) is 2.65. The fraction of sp³-hybridized carbons (Fsp3) is 0.393. The predicted octanol–water partition coefficient (Wildman–Crippen LogP) is 5.58. The third-order valence-electron chi connectivity index (χ3n) is 6.28. The third kappa shape index (κ3) is 7.54. The number of hydrogen-bond donors (Lipinski definition) is 3. The highest BCUT2D eigenvalue weighted by molar-refractivity contribution is 7.99. The van der Waals surface area contributed by atoms with Crippen molar-refractivity contribution in [2.75, 3.05) is 49.6 Å². The molecule has 0 aliphatic carbocycles. The Kier molecular flexibility index (Phi) is 9.55. The van der Waals surface area contributed by atoms with Crippen LogP contribution in [-0.2, 0) is 12.0 Å². The van der Waals surface area contributed by atoms with Crippen LogP contribution in [0.5, 0.6) is 17.4 Å². The van der Waals surface area contributed by atoms with Gasteiger partial charge in [0, 0.05) is 50.3 Å². The number of hydrogen-bond acceptors (Lipinski definition) is 9. The van der Waals surface area contributed by atoms with E-state index in [0.29, 0.717) is 46.0 Å². The molecule has 0 atom stereocenters. The smallest absolute Gasteiger partial charge is 0.255 e. The second-order valence-corrected chi connectivity index (χ2v) is 11.2. The molecule has 1 aromatic heterocycles. The van der Waals surface area contributed by atoms with Crippen LogP contribution in [0.15, 0.2) is 42.6 Å². The van der Waals surface area contributed by atoms with Crippen LogP contribution in [0.4, 0.5) is 11.4 Å². The van der Waals surface area contributed by atoms with Crippen LogP contribution in [0, 0.1) is 0 Å². The van der Waals surface area contributed by atoms with Crippen molar-refractivity contribution in [3.05, 3.63) is 64.6 Å². The Morgan fingerprint density at radius 2 is 1.90 bits per heavy atom. The van der Waals surface area contributed by atoms with Gasteiger partial charge in [0.1, 0.15) is 11.6 Å². The molecule has 0 unspecified atom stereocenters. The summed E-state index contributed by atoms with van der Waals surface area (Å²) < 4.78 is 14.9. The summed E-state index contributed by atoms with van der Waals surface area (Å²) in [4.78, 5) is 24.6. The molecule has 3 aromatic rings. The van der Waals surface area contributed by atoms with Gasteiger partial charge in [-0.15, -0.1) is 0 Å². The molecule has 2 heterocycles. The lowest BCUT2D eigenvalue weighted by Crippen LogP contribution is -2.43. The molecule has 208 valence electrons. The van der Waals surface area contributed by atoms with Gasteiger partial charge < -0.3 is 24.8 Å². The number of piperazine rings is 1. The van der Waals surface area contributed by atoms with E-state index < -0.39 is 0 Å². The lowest BCUT2D eigenvalue weighted by atomic mass is 9.86. The number of methoxy groups -OCH3 is 1. The van der Waals surface area contributed by atoms with E-state index in [4.69, 9.17) is 21.1 Å². The van der Waals surface area contributed by atoms with Gasteiger partial charge in [-0.25, -0.2) is 4.98 Å². The van der Waals surface area contributed by atoms with Crippen molar-refractivity contribution in [2.24, 2.45) is 0 Å². The molecule has 9 nitrogen and oxygen atoms in total. The number of carbonyl (C=O) groups excluding carboxylic acids is 1. The first-order chi connectivity index (χ1) is 18.7. The summed E-state index contributed by atoms with van der Waals surface area (Å²) in [5.74, 6) is 1.59. The number of benzene rings is 2. The zero-order valence-corrected chi connectivity index (χ0v) is 24.5. The normalized spacial score (nSPS) is 14.1. The summed E-state index contributed by atoms with van der Waals surface area (Å²) in [7, 11) is 1.58. The summed E-state index contributed by atoms with van der Waals surface area (Å²) >= 11 is 7.89. The van der Waals surface area contributed by atoms with E-state index >= 15 is 0 Å². The molecule has 3 N–H and O–H groups in total. The van der Waals surface area contributed by atoms with Crippen LogP contribution in [0.1, 0.15) is 42.5 Å². The minimum absolute atomic E-state index is 0.136. The van der Waals surface area contributed by atoms with Gasteiger partial charge in [0.25, 0.3) is 5.91 Å². The minimum Gasteiger partial charge on any atom is -0.492 e. The molecular weight excluding hydrogens is 536 g/mol. The van der Waals surface area contributed by atoms with Gasteiger partial charge in [-0.05, 0) is 41.3 Å². The summed E-state index contributed by atoms with van der Waals surface area (Å²) in [5, 5.41) is 6.71. The average Bonchev–Trinajstić information content (AvgIpc) is 2.90. The number of ether oxygens (including phenoxy) is 2. The second kappa shape index (κ2) is 12.9. The molecule has 1 fully saturated rings. The van der Waals surface area contributed by atoms with Gasteiger partial charge in [-0.3, -0.25) is 9.69 Å². The lowest BCUT2D eigenvalue weighted by molar-refractivity contribution is 0.102. The van der Waals surface area contributed by atoms with Crippen molar-refractivity contribution in [1.82, 2.24) is 20.2 Å². The van der Waals surface area contributed by atoms with E-state index in [1.807, 2.05) is 18.4 Å². The van der Waals surface area contributed by atoms with Crippen molar-refractivity contribution in [3.63, 3.8) is 0 Å². The zero-order chi connectivity index (χ0) is 28.0. The topological polar surface area (TPSA) is 101 Å². The molecule has 0 bridgehead atoms. The van der Waals surface area contributed by atoms with E-state index in [9.17, 15) is 4.79 Å². The van der Waals surface area contributed by atoms with Crippen LogP contribution < -0.4 is 24.8 Å². The number of rotatable bonds is 9. The number of nitrogens with one attached hydrogen (secondary N) is 3. The van der Waals surface area contributed by atoms with Crippen molar-refractivity contribution in [3.8, 4) is 17.4 Å². The quantitative estimate of drug-likeness (QED) is 0.285. The van der Waals surface area contributed by atoms with Crippen molar-refractivity contribution in [1.29, 1.82) is 0 Å². The minimum atomic E-state index is -0.321. The number of halogens is 1. The molecule has 1 aliphatic rings. The maximum absolute atomic E-state index is 13.4. The van der Waals surface area contributed by atoms with Gasteiger partial charge in [0.15, 0.2) is 5.75 Å². The van der Waals surface area contributed by atoms with Gasteiger partial charge >= 0.3 is 0 Å². The van der Waals surface area contributed by atoms with Crippen molar-refractivity contribution >= 4 is 40.8 Å². The highest BCUT2D eigenvalue weighted by Crippen LogP contribution is 2.40. The van der Waals surface area contributed by atoms with Crippen LogP contribution in [0.2, 0.25) is 5.02 Å². The Hall–Kier alpha value is -3.05. The zero-order valence-electron chi connectivity index (χ0n) is 22.9. The highest BCUT2D eigenvalue weighted by Gasteiger charge is 2.22. The molecule has 2 aromatic carbocycles. The van der Waals surface area contributed by atoms with Gasteiger partial charge in [0.05, 0.1) is 30.1 Å². The number of anilines is 2. The molecule has 0 radical (unpaired) electrons. The van der Waals surface area contributed by atoms with Crippen LogP contribution >= 0.6 is 23.5 Å². The van der Waals surface area contributed by atoms with Gasteiger partial charge in [-0.1, -0.05) is 44.3 Å². The molecule has 0 spiro atoms. The monoisotopic (exact) mass is 570 g/mol. The molecule has 0 saturated carbocycles. The molecular formula is C28H35ClN6O3S. The van der Waals surface area contributed by atoms with Gasteiger partial charge in [0.2, 0.25) is 5.88 Å². The Morgan fingerprint density at radius 3 is 2.59 bits per heavy atom. The average molecular weight is 571 g/mol. The molecule has 4 rings (SSSR count). The Balaban J connectivity index is 1.55. The number of nitrogens with zero attached hydrogens (tertiary/aromatic N) is 3. The first kappa shape index (κ1) is 28.9. The first-order valence-electron chi connectivity index (χ1n) is 12.7. The maximum atomic E-state index is 13.4. The van der Waals surface area contributed by atoms with Gasteiger partial charge in [-0.2, -0.15) is 4.98 Å². The number of amides is 1. The SMILES string of the molecule is COc1c(NSC)cc(C(C)(C)C)cc1NC(=O)c1ccc(Cl)c(Oc2ccnc(CN3CCNCC3)n2)c1. The first-order valence-corrected chi connectivity index (χ1v) is 14.3. The highest BCUT2D eigenvalue weighted by atomic mass is 35.5. The second-order valence-electron chi connectivity index (χ2n) is 10.2. The molecule has 1 amide bonds. The van der Waals surface area contributed by atoms with E-state index in [-0.39, 0.29) is 11.3 Å². The summed E-state index contributed by atoms with van der Waals surface area (Å²) in [6, 6.07) is 10.6. The maximum Gasteiger partial charge on any atom is 0.255 e. The largest absolute Gasteiger partial charge is 0.492 e. The summed E-state index contributed by atoms with van der Waals surface area (Å²) in [6.07, 6.45) is 3.60. The van der Waals surface area contributed by atoms with Crippen LogP contribution in [0.25, 0.3) is 0 Å². The van der Waals surface area contributed by atoms with Crippen molar-refractivity contribution < 1.29 is 14.3 Å².